The molecule has 1 amide bonds. The first kappa shape index (κ1) is 19.5. The highest BCUT2D eigenvalue weighted by Crippen LogP contribution is 2.24. The molecule has 0 aliphatic heterocycles. The van der Waals surface area contributed by atoms with Crippen LogP contribution in [-0.4, -0.2) is 22.0 Å². The minimum Gasteiger partial charge on any atom is -0.481 e. The van der Waals surface area contributed by atoms with Gasteiger partial charge in [0.2, 0.25) is 0 Å². The molecule has 0 radical (unpaired) electrons. The predicted molar refractivity (Wildman–Crippen MR) is 108 cm³/mol. The lowest BCUT2D eigenvalue weighted by atomic mass is 10.1. The van der Waals surface area contributed by atoms with Crippen LogP contribution >= 0.6 is 11.6 Å². The van der Waals surface area contributed by atoms with Crippen LogP contribution in [0.3, 0.4) is 0 Å². The fourth-order valence-electron chi connectivity index (χ4n) is 2.76. The lowest BCUT2D eigenvalue weighted by Crippen LogP contribution is -2.16. The van der Waals surface area contributed by atoms with Crippen molar-refractivity contribution >= 4 is 29.2 Å². The summed E-state index contributed by atoms with van der Waals surface area (Å²) >= 11 is 6.20. The number of anilines is 1. The van der Waals surface area contributed by atoms with Crippen LogP contribution in [0, 0.1) is 0 Å². The van der Waals surface area contributed by atoms with Crippen LogP contribution in [0.5, 0.6) is 0 Å². The number of carbonyl (C=O) groups is 2. The van der Waals surface area contributed by atoms with Crippen LogP contribution in [0.4, 0.5) is 5.69 Å². The molecule has 0 atom stereocenters. The monoisotopic (exact) mass is 395 g/mol. The van der Waals surface area contributed by atoms with Gasteiger partial charge in [-0.1, -0.05) is 48.0 Å². The van der Waals surface area contributed by atoms with Crippen LogP contribution in [0.2, 0.25) is 5.02 Å². The number of benzene rings is 2. The van der Waals surface area contributed by atoms with Gasteiger partial charge in [-0.2, -0.15) is 0 Å². The smallest absolute Gasteiger partial charge is 0.307 e. The maximum absolute atomic E-state index is 12.7. The molecule has 0 saturated heterocycles. The maximum atomic E-state index is 12.7. The average Bonchev–Trinajstić information content (AvgIpc) is 2.68. The largest absolute Gasteiger partial charge is 0.481 e. The normalized spacial score (nSPS) is 10.5. The Hall–Kier alpha value is -3.22. The zero-order chi connectivity index (χ0) is 20.1. The van der Waals surface area contributed by atoms with Gasteiger partial charge in [0.15, 0.2) is 0 Å². The first-order valence-corrected chi connectivity index (χ1v) is 8.92. The Morgan fingerprint density at radius 2 is 1.86 bits per heavy atom. The molecule has 3 aromatic rings. The Morgan fingerprint density at radius 1 is 1.07 bits per heavy atom. The molecular weight excluding hydrogens is 378 g/mol. The van der Waals surface area contributed by atoms with E-state index in [1.165, 1.54) is 6.07 Å². The van der Waals surface area contributed by atoms with Crippen molar-refractivity contribution < 1.29 is 14.7 Å². The molecule has 6 nitrogen and oxygen atoms in total. The van der Waals surface area contributed by atoms with E-state index >= 15 is 0 Å². The van der Waals surface area contributed by atoms with E-state index in [1.54, 1.807) is 30.3 Å². The summed E-state index contributed by atoms with van der Waals surface area (Å²) in [5.41, 5.74) is 9.02. The van der Waals surface area contributed by atoms with E-state index in [9.17, 15) is 9.59 Å². The van der Waals surface area contributed by atoms with Gasteiger partial charge in [0, 0.05) is 22.8 Å². The highest BCUT2D eigenvalue weighted by molar-refractivity contribution is 6.31. The van der Waals surface area contributed by atoms with Gasteiger partial charge in [0.05, 0.1) is 12.1 Å². The number of hydrogen-bond acceptors (Lipinski definition) is 4. The Morgan fingerprint density at radius 3 is 2.61 bits per heavy atom. The summed E-state index contributed by atoms with van der Waals surface area (Å²) < 4.78 is 0. The third kappa shape index (κ3) is 4.73. The summed E-state index contributed by atoms with van der Waals surface area (Å²) in [5.74, 6) is -1.46. The molecule has 0 aliphatic carbocycles. The Kier molecular flexibility index (Phi) is 6.03. The van der Waals surface area contributed by atoms with Crippen molar-refractivity contribution in [3.8, 4) is 11.3 Å². The second-order valence-electron chi connectivity index (χ2n) is 6.14. The number of nitrogens with two attached hydrogens (primary N) is 1. The van der Waals surface area contributed by atoms with Crippen molar-refractivity contribution in [3.63, 3.8) is 0 Å². The average molecular weight is 396 g/mol. The Balaban J connectivity index is 1.91. The van der Waals surface area contributed by atoms with Crippen molar-refractivity contribution in [2.45, 2.75) is 13.0 Å². The molecule has 7 heteroatoms. The number of carbonyl (C=O) groups excluding carboxylic acids is 1. The summed E-state index contributed by atoms with van der Waals surface area (Å²) in [6.45, 7) is 0.391. The molecule has 28 heavy (non-hydrogen) atoms. The second kappa shape index (κ2) is 8.65. The van der Waals surface area contributed by atoms with Gasteiger partial charge in [0.1, 0.15) is 5.69 Å². The first-order chi connectivity index (χ1) is 13.5. The standard InChI is InChI=1S/C21H18ClN3O3/c22-16-10-18(14-6-3-4-13(8-14)12-23)24-19(11-16)21(28)25-17-7-2-1-5-15(17)9-20(26)27/h1-8,10-11H,9,12,23H2,(H,25,28)(H,26,27). The van der Waals surface area contributed by atoms with E-state index in [-0.39, 0.29) is 12.1 Å². The Bertz CT molecular complexity index is 1040. The predicted octanol–water partition coefficient (Wildman–Crippen LogP) is 3.74. The van der Waals surface area contributed by atoms with Gasteiger partial charge in [-0.05, 0) is 35.4 Å². The van der Waals surface area contributed by atoms with E-state index in [1.807, 2.05) is 24.3 Å². The van der Waals surface area contributed by atoms with Gasteiger partial charge in [0.25, 0.3) is 5.91 Å². The number of pyridine rings is 1. The van der Waals surface area contributed by atoms with Crippen LogP contribution in [0.25, 0.3) is 11.3 Å². The molecule has 0 fully saturated rings. The lowest BCUT2D eigenvalue weighted by Gasteiger charge is -2.11. The van der Waals surface area contributed by atoms with Gasteiger partial charge >= 0.3 is 5.97 Å². The topological polar surface area (TPSA) is 105 Å². The van der Waals surface area contributed by atoms with Crippen LogP contribution in [0.15, 0.2) is 60.7 Å². The summed E-state index contributed by atoms with van der Waals surface area (Å²) in [6.07, 6.45) is -0.198. The van der Waals surface area contributed by atoms with Crippen molar-refractivity contribution in [1.29, 1.82) is 0 Å². The zero-order valence-corrected chi connectivity index (χ0v) is 15.6. The quantitative estimate of drug-likeness (QED) is 0.589. The molecule has 0 bridgehead atoms. The number of halogens is 1. The van der Waals surface area contributed by atoms with E-state index in [0.29, 0.717) is 28.5 Å². The molecule has 0 aliphatic rings. The molecular formula is C21H18ClN3O3. The lowest BCUT2D eigenvalue weighted by molar-refractivity contribution is -0.136. The maximum Gasteiger partial charge on any atom is 0.307 e. The van der Waals surface area contributed by atoms with Gasteiger partial charge in [-0.3, -0.25) is 9.59 Å². The molecule has 0 saturated carbocycles. The fourth-order valence-corrected chi connectivity index (χ4v) is 2.97. The van der Waals surface area contributed by atoms with E-state index in [4.69, 9.17) is 22.4 Å². The molecule has 0 unspecified atom stereocenters. The van der Waals surface area contributed by atoms with Gasteiger partial charge in [-0.15, -0.1) is 0 Å². The number of rotatable bonds is 6. The summed E-state index contributed by atoms with van der Waals surface area (Å²) in [5, 5.41) is 12.1. The number of aromatic nitrogens is 1. The number of carboxylic acids is 1. The number of amides is 1. The second-order valence-corrected chi connectivity index (χ2v) is 6.58. The van der Waals surface area contributed by atoms with Crippen molar-refractivity contribution in [2.75, 3.05) is 5.32 Å². The first-order valence-electron chi connectivity index (χ1n) is 8.54. The van der Waals surface area contributed by atoms with Crippen molar-refractivity contribution in [2.24, 2.45) is 5.73 Å². The summed E-state index contributed by atoms with van der Waals surface area (Å²) in [4.78, 5) is 28.1. The summed E-state index contributed by atoms with van der Waals surface area (Å²) in [7, 11) is 0. The molecule has 0 spiro atoms. The van der Waals surface area contributed by atoms with Crippen molar-refractivity contribution in [1.82, 2.24) is 4.98 Å². The van der Waals surface area contributed by atoms with Gasteiger partial charge < -0.3 is 16.2 Å². The number of hydrogen-bond donors (Lipinski definition) is 3. The minimum atomic E-state index is -0.982. The van der Waals surface area contributed by atoms with E-state index < -0.39 is 11.9 Å². The highest BCUT2D eigenvalue weighted by atomic mass is 35.5. The molecule has 142 valence electrons. The van der Waals surface area contributed by atoms with Gasteiger partial charge in [-0.25, -0.2) is 4.98 Å². The number of nitrogens with one attached hydrogen (secondary N) is 1. The zero-order valence-electron chi connectivity index (χ0n) is 14.9. The number of aliphatic carboxylic acids is 1. The minimum absolute atomic E-state index is 0.130. The fraction of sp³-hybridized carbons (Fsp3) is 0.0952. The number of para-hydroxylation sites is 1. The van der Waals surface area contributed by atoms with Crippen LogP contribution in [-0.2, 0) is 17.8 Å². The van der Waals surface area contributed by atoms with E-state index in [0.717, 1.165) is 11.1 Å². The van der Waals surface area contributed by atoms with Crippen LogP contribution in [0.1, 0.15) is 21.6 Å². The summed E-state index contributed by atoms with van der Waals surface area (Å²) in [6, 6.07) is 17.4. The number of nitrogens with zero attached hydrogens (tertiary/aromatic N) is 1. The highest BCUT2D eigenvalue weighted by Gasteiger charge is 2.14. The molecule has 1 heterocycles. The molecule has 3 rings (SSSR count). The van der Waals surface area contributed by atoms with Crippen LogP contribution < -0.4 is 11.1 Å². The Labute approximate surface area is 167 Å². The molecule has 4 N–H and O–H groups in total. The third-order valence-corrected chi connectivity index (χ3v) is 4.31. The molecule has 1 aromatic heterocycles. The third-order valence-electron chi connectivity index (χ3n) is 4.09. The van der Waals surface area contributed by atoms with Crippen molar-refractivity contribution in [3.05, 3.63) is 82.5 Å². The number of carboxylic acid groups (broad SMARTS) is 1. The molecule has 2 aromatic carbocycles. The SMILES string of the molecule is NCc1cccc(-c2cc(Cl)cc(C(=O)Nc3ccccc3CC(=O)O)n2)c1. The van der Waals surface area contributed by atoms with E-state index in [2.05, 4.69) is 10.3 Å².